The van der Waals surface area contributed by atoms with E-state index < -0.39 is 0 Å². The predicted octanol–water partition coefficient (Wildman–Crippen LogP) is 18.9. The number of rotatable bonds is 7. The number of nitriles is 1. The zero-order valence-electron chi connectivity index (χ0n) is 45.8. The number of aromatic nitrogens is 5. The van der Waals surface area contributed by atoms with Gasteiger partial charge in [-0.25, -0.2) is 15.0 Å². The Bertz CT molecular complexity index is 4980. The highest BCUT2D eigenvalue weighted by Gasteiger charge is 2.40. The van der Waals surface area contributed by atoms with Crippen LogP contribution >= 0.6 is 0 Å². The average molecular weight is 1050 g/mol. The summed E-state index contributed by atoms with van der Waals surface area (Å²) in [6, 6.07) is 89.5. The van der Waals surface area contributed by atoms with Crippen molar-refractivity contribution in [2.24, 2.45) is 0 Å². The minimum Gasteiger partial charge on any atom is -0.309 e. The maximum Gasteiger partial charge on any atom is 0.164 e. The molecular formula is C76H52N6. The van der Waals surface area contributed by atoms with E-state index in [4.69, 9.17) is 15.0 Å². The summed E-state index contributed by atoms with van der Waals surface area (Å²) in [5.41, 5.74) is 23.9. The van der Waals surface area contributed by atoms with E-state index in [1.165, 1.54) is 66.1 Å². The van der Waals surface area contributed by atoms with Crippen LogP contribution < -0.4 is 0 Å². The molecule has 386 valence electrons. The summed E-state index contributed by atoms with van der Waals surface area (Å²) >= 11 is 0. The molecule has 0 bridgehead atoms. The first-order valence-electron chi connectivity index (χ1n) is 28.2. The first kappa shape index (κ1) is 47.5. The molecule has 0 saturated heterocycles. The van der Waals surface area contributed by atoms with Crippen LogP contribution in [0.4, 0.5) is 0 Å². The summed E-state index contributed by atoms with van der Waals surface area (Å²) < 4.78 is 5.00. The number of nitrogens with zero attached hydrogens (tertiary/aromatic N) is 6. The van der Waals surface area contributed by atoms with Gasteiger partial charge in [0.2, 0.25) is 0 Å². The van der Waals surface area contributed by atoms with E-state index in [0.717, 1.165) is 72.4 Å². The molecule has 0 N–H and O–H groups in total. The van der Waals surface area contributed by atoms with E-state index >= 15 is 0 Å². The van der Waals surface area contributed by atoms with Gasteiger partial charge in [-0.15, -0.1) is 0 Å². The highest BCUT2D eigenvalue weighted by atomic mass is 15.0. The summed E-state index contributed by atoms with van der Waals surface area (Å²) in [6.45, 7) is 9.53. The minimum atomic E-state index is -0.260. The Morgan fingerprint density at radius 2 is 0.768 bits per heavy atom. The third-order valence-electron chi connectivity index (χ3n) is 17.8. The van der Waals surface area contributed by atoms with Gasteiger partial charge in [-0.05, 0) is 116 Å². The molecular weight excluding hydrogens is 997 g/mol. The largest absolute Gasteiger partial charge is 0.309 e. The number of hydrogen-bond acceptors (Lipinski definition) is 4. The lowest BCUT2D eigenvalue weighted by Crippen LogP contribution is -2.15. The lowest BCUT2D eigenvalue weighted by molar-refractivity contribution is 0.666. The van der Waals surface area contributed by atoms with Crippen molar-refractivity contribution in [3.05, 3.63) is 270 Å². The molecule has 0 fully saturated rings. The van der Waals surface area contributed by atoms with Crippen LogP contribution in [0.2, 0.25) is 0 Å². The Labute approximate surface area is 475 Å². The molecule has 3 aromatic heterocycles. The van der Waals surface area contributed by atoms with Crippen molar-refractivity contribution in [1.29, 1.82) is 5.26 Å². The molecule has 2 aliphatic rings. The van der Waals surface area contributed by atoms with Crippen LogP contribution in [0.3, 0.4) is 0 Å². The van der Waals surface area contributed by atoms with Gasteiger partial charge < -0.3 is 9.13 Å². The first-order chi connectivity index (χ1) is 40.2. The highest BCUT2D eigenvalue weighted by Crippen LogP contribution is 2.56. The Kier molecular flexibility index (Phi) is 10.3. The third-order valence-corrected chi connectivity index (χ3v) is 17.8. The predicted molar refractivity (Wildman–Crippen MR) is 336 cm³/mol. The van der Waals surface area contributed by atoms with Crippen molar-refractivity contribution in [3.63, 3.8) is 0 Å². The molecule has 0 saturated carbocycles. The minimum absolute atomic E-state index is 0.250. The molecule has 16 rings (SSSR count). The molecule has 0 unspecified atom stereocenters. The molecule has 3 heterocycles. The van der Waals surface area contributed by atoms with Crippen LogP contribution in [0.15, 0.2) is 243 Å². The van der Waals surface area contributed by atoms with Crippen molar-refractivity contribution >= 4 is 43.6 Å². The van der Waals surface area contributed by atoms with Gasteiger partial charge >= 0.3 is 0 Å². The second kappa shape index (κ2) is 17.8. The monoisotopic (exact) mass is 1050 g/mol. The molecule has 6 nitrogen and oxygen atoms in total. The van der Waals surface area contributed by atoms with Gasteiger partial charge in [-0.3, -0.25) is 0 Å². The van der Waals surface area contributed by atoms with Crippen LogP contribution in [0.1, 0.15) is 55.5 Å². The zero-order chi connectivity index (χ0) is 55.0. The fraction of sp³-hybridized carbons (Fsp3) is 0.0789. The molecule has 0 radical (unpaired) electrons. The normalized spacial score (nSPS) is 13.5. The van der Waals surface area contributed by atoms with E-state index in [-0.39, 0.29) is 10.8 Å². The lowest BCUT2D eigenvalue weighted by atomic mass is 9.80. The van der Waals surface area contributed by atoms with Crippen LogP contribution in [-0.4, -0.2) is 24.1 Å². The SMILES string of the molecule is CC1(C)c2ccccc2-c2ccc3c(c21)c1ccccc1n3-c1ccc(-c2nc(-c3ccccc3)nc(-c3ccccc3)n2)cc1-c1ccc(-c2ccc(C#N)cc2)cc1-n1c2ccccc2c2c3c(ccc21)-c1ccccc1C3(C)C. The third kappa shape index (κ3) is 6.90. The molecule has 0 spiro atoms. The van der Waals surface area contributed by atoms with Crippen molar-refractivity contribution in [2.45, 2.75) is 38.5 Å². The lowest BCUT2D eigenvalue weighted by Gasteiger charge is -2.23. The Morgan fingerprint density at radius 3 is 1.30 bits per heavy atom. The molecule has 0 aliphatic heterocycles. The van der Waals surface area contributed by atoms with Crippen LogP contribution in [0.5, 0.6) is 0 Å². The molecule has 11 aromatic carbocycles. The van der Waals surface area contributed by atoms with E-state index in [1.807, 2.05) is 48.5 Å². The summed E-state index contributed by atoms with van der Waals surface area (Å²) in [6.07, 6.45) is 0. The molecule has 2 aliphatic carbocycles. The van der Waals surface area contributed by atoms with Gasteiger partial charge in [0.1, 0.15) is 0 Å². The summed E-state index contributed by atoms with van der Waals surface area (Å²) in [5.74, 6) is 1.78. The number of fused-ring (bicyclic) bond motifs is 14. The Hall–Kier alpha value is -10.5. The summed E-state index contributed by atoms with van der Waals surface area (Å²) in [7, 11) is 0. The fourth-order valence-corrected chi connectivity index (χ4v) is 14.1. The molecule has 0 amide bonds. The Balaban J connectivity index is 1.03. The van der Waals surface area contributed by atoms with Gasteiger partial charge in [0.15, 0.2) is 17.5 Å². The van der Waals surface area contributed by atoms with Gasteiger partial charge in [-0.1, -0.05) is 210 Å². The van der Waals surface area contributed by atoms with Gasteiger partial charge in [0, 0.05) is 60.2 Å². The molecule has 82 heavy (non-hydrogen) atoms. The number of para-hydroxylation sites is 2. The smallest absolute Gasteiger partial charge is 0.164 e. The van der Waals surface area contributed by atoms with Gasteiger partial charge in [0.05, 0.1) is 45.1 Å². The van der Waals surface area contributed by atoms with Crippen molar-refractivity contribution < 1.29 is 0 Å². The Morgan fingerprint density at radius 1 is 0.329 bits per heavy atom. The summed E-state index contributed by atoms with van der Waals surface area (Å²) in [4.78, 5) is 15.8. The van der Waals surface area contributed by atoms with E-state index in [0.29, 0.717) is 23.0 Å². The topological polar surface area (TPSA) is 72.3 Å². The maximum atomic E-state index is 9.93. The standard InChI is InChI=1S/C76H52N6/c1-75(2)60-27-15-11-23-52(60)55-38-41-65-68(70(55)75)57-25-13-17-29-62(57)81(65)64-40-36-51(74-79-72(48-19-7-5-8-20-48)78-73(80-74)49-21-9-6-10-22-49)43-59(64)54-37-35-50(47-33-31-46(45-77)32-34-47)44-67(54)82-63-30-18-14-26-58(63)69-66(82)42-39-56-53-24-12-16-28-61(53)76(3,4)71(56)69/h5-44H,1-4H3. The fourth-order valence-electron chi connectivity index (χ4n) is 14.1. The van der Waals surface area contributed by atoms with Crippen LogP contribution in [0.25, 0.3) is 134 Å². The van der Waals surface area contributed by atoms with E-state index in [2.05, 4.69) is 237 Å². The van der Waals surface area contributed by atoms with Crippen LogP contribution in [-0.2, 0) is 10.8 Å². The van der Waals surface area contributed by atoms with Gasteiger partial charge in [-0.2, -0.15) is 5.26 Å². The average Bonchev–Trinajstić information content (AvgIpc) is 3.51. The van der Waals surface area contributed by atoms with Crippen molar-refractivity contribution in [3.8, 4) is 96.1 Å². The number of hydrogen-bond donors (Lipinski definition) is 0. The quantitative estimate of drug-likeness (QED) is 0.159. The summed E-state index contributed by atoms with van der Waals surface area (Å²) in [5, 5.41) is 14.8. The van der Waals surface area contributed by atoms with Crippen molar-refractivity contribution in [2.75, 3.05) is 0 Å². The second-order valence-electron chi connectivity index (χ2n) is 23.0. The zero-order valence-corrected chi connectivity index (χ0v) is 45.8. The van der Waals surface area contributed by atoms with E-state index in [1.54, 1.807) is 0 Å². The number of benzene rings is 11. The molecule has 14 aromatic rings. The van der Waals surface area contributed by atoms with E-state index in [9.17, 15) is 5.26 Å². The first-order valence-corrected chi connectivity index (χ1v) is 28.2. The van der Waals surface area contributed by atoms with Crippen LogP contribution in [0, 0.1) is 11.3 Å². The molecule has 0 atom stereocenters. The second-order valence-corrected chi connectivity index (χ2v) is 23.0. The van der Waals surface area contributed by atoms with Crippen molar-refractivity contribution in [1.82, 2.24) is 24.1 Å². The highest BCUT2D eigenvalue weighted by molar-refractivity contribution is 6.17. The molecule has 6 heteroatoms. The maximum absolute atomic E-state index is 9.93. The van der Waals surface area contributed by atoms with Gasteiger partial charge in [0.25, 0.3) is 0 Å².